The van der Waals surface area contributed by atoms with E-state index in [0.717, 1.165) is 17.7 Å². The zero-order chi connectivity index (χ0) is 13.5. The first-order chi connectivity index (χ1) is 9.13. The van der Waals surface area contributed by atoms with Crippen LogP contribution in [0.5, 0.6) is 0 Å². The van der Waals surface area contributed by atoms with Crippen LogP contribution in [0.2, 0.25) is 5.02 Å². The predicted octanol–water partition coefficient (Wildman–Crippen LogP) is 2.85. The molecule has 1 aromatic carbocycles. The van der Waals surface area contributed by atoms with Crippen molar-refractivity contribution in [2.45, 2.75) is 31.2 Å². The van der Waals surface area contributed by atoms with Crippen molar-refractivity contribution in [1.29, 1.82) is 0 Å². The molecule has 0 spiro atoms. The summed E-state index contributed by atoms with van der Waals surface area (Å²) in [7, 11) is 0. The fraction of sp³-hybridized carbons (Fsp3) is 0.500. The number of nitrogens with one attached hydrogen (secondary N) is 2. The van der Waals surface area contributed by atoms with Crippen molar-refractivity contribution in [2.24, 2.45) is 5.92 Å². The molecular formula is C14H17ClN2O2. The van der Waals surface area contributed by atoms with Gasteiger partial charge in [0, 0.05) is 22.9 Å². The Morgan fingerprint density at radius 1 is 1.42 bits per heavy atom. The number of hydrogen-bond donors (Lipinski definition) is 3. The second kappa shape index (κ2) is 4.69. The molecule has 1 aromatic rings. The Morgan fingerprint density at radius 2 is 2.21 bits per heavy atom. The van der Waals surface area contributed by atoms with E-state index in [2.05, 4.69) is 10.6 Å². The summed E-state index contributed by atoms with van der Waals surface area (Å²) in [5, 5.41) is 15.9. The molecule has 3 rings (SSSR count). The van der Waals surface area contributed by atoms with Crippen LogP contribution in [-0.2, 0) is 5.54 Å². The number of urea groups is 1. The largest absolute Gasteiger partial charge is 0.396 e. The number of halogens is 1. The smallest absolute Gasteiger partial charge is 0.319 e. The van der Waals surface area contributed by atoms with Gasteiger partial charge in [-0.05, 0) is 37.0 Å². The standard InChI is InChI=1S/C14H17ClN2O2/c15-10-3-4-12-11(7-10)14(5-6-18,8-9-1-2-9)17-13(19)16-12/h3-4,7,9,18H,1-2,5-6,8H2,(H2,16,17,19). The minimum Gasteiger partial charge on any atom is -0.396 e. The minimum absolute atomic E-state index is 0.0406. The van der Waals surface area contributed by atoms with Crippen LogP contribution in [-0.4, -0.2) is 17.7 Å². The average Bonchev–Trinajstić information content (AvgIpc) is 3.14. The fourth-order valence-electron chi connectivity index (χ4n) is 2.93. The lowest BCUT2D eigenvalue weighted by Crippen LogP contribution is -2.52. The third-order valence-electron chi connectivity index (χ3n) is 3.97. The van der Waals surface area contributed by atoms with Gasteiger partial charge in [-0.2, -0.15) is 0 Å². The van der Waals surface area contributed by atoms with Crippen LogP contribution < -0.4 is 10.6 Å². The zero-order valence-corrected chi connectivity index (χ0v) is 11.3. The van der Waals surface area contributed by atoms with E-state index in [1.54, 1.807) is 6.07 Å². The first kappa shape index (κ1) is 12.8. The highest BCUT2D eigenvalue weighted by Crippen LogP contribution is 2.46. The second-order valence-corrected chi connectivity index (χ2v) is 5.91. The van der Waals surface area contributed by atoms with Crippen molar-refractivity contribution < 1.29 is 9.90 Å². The summed E-state index contributed by atoms with van der Waals surface area (Å²) >= 11 is 6.09. The maximum absolute atomic E-state index is 11.9. The van der Waals surface area contributed by atoms with Crippen molar-refractivity contribution in [3.05, 3.63) is 28.8 Å². The Morgan fingerprint density at radius 3 is 2.89 bits per heavy atom. The van der Waals surface area contributed by atoms with Crippen LogP contribution in [0.15, 0.2) is 18.2 Å². The van der Waals surface area contributed by atoms with Gasteiger partial charge in [0.25, 0.3) is 0 Å². The molecule has 1 aliphatic heterocycles. The molecule has 4 nitrogen and oxygen atoms in total. The van der Waals surface area contributed by atoms with E-state index in [0.29, 0.717) is 17.4 Å². The van der Waals surface area contributed by atoms with Crippen LogP contribution in [0.25, 0.3) is 0 Å². The summed E-state index contributed by atoms with van der Waals surface area (Å²) in [6.45, 7) is 0.0406. The SMILES string of the molecule is O=C1Nc2ccc(Cl)cc2C(CCO)(CC2CC2)N1. The van der Waals surface area contributed by atoms with Crippen LogP contribution >= 0.6 is 11.6 Å². The monoisotopic (exact) mass is 280 g/mol. The van der Waals surface area contributed by atoms with Gasteiger partial charge >= 0.3 is 6.03 Å². The molecule has 1 unspecified atom stereocenters. The van der Waals surface area contributed by atoms with E-state index < -0.39 is 5.54 Å². The highest BCUT2D eigenvalue weighted by molar-refractivity contribution is 6.30. The Hall–Kier alpha value is -1.26. The molecule has 5 heteroatoms. The Kier molecular flexibility index (Phi) is 3.15. The molecule has 2 aliphatic rings. The second-order valence-electron chi connectivity index (χ2n) is 5.47. The fourth-order valence-corrected chi connectivity index (χ4v) is 3.10. The van der Waals surface area contributed by atoms with E-state index in [4.69, 9.17) is 11.6 Å². The minimum atomic E-state index is -0.488. The first-order valence-electron chi connectivity index (χ1n) is 6.63. The van der Waals surface area contributed by atoms with Gasteiger partial charge in [-0.25, -0.2) is 4.79 Å². The average molecular weight is 281 g/mol. The van der Waals surface area contributed by atoms with Crippen LogP contribution in [0.1, 0.15) is 31.2 Å². The normalized spacial score (nSPS) is 25.5. The van der Waals surface area contributed by atoms with Crippen LogP contribution in [0, 0.1) is 5.92 Å². The molecule has 0 saturated heterocycles. The lowest BCUT2D eigenvalue weighted by atomic mass is 9.80. The quantitative estimate of drug-likeness (QED) is 0.794. The number of carbonyl (C=O) groups excluding carboxylic acids is 1. The number of carbonyl (C=O) groups is 1. The lowest BCUT2D eigenvalue weighted by molar-refractivity contribution is 0.188. The number of anilines is 1. The number of fused-ring (bicyclic) bond motifs is 1. The van der Waals surface area contributed by atoms with E-state index in [1.807, 2.05) is 12.1 Å². The van der Waals surface area contributed by atoms with E-state index in [-0.39, 0.29) is 12.6 Å². The van der Waals surface area contributed by atoms with E-state index in [9.17, 15) is 9.90 Å². The van der Waals surface area contributed by atoms with E-state index >= 15 is 0 Å². The third-order valence-corrected chi connectivity index (χ3v) is 4.21. The molecule has 1 atom stereocenters. The number of aliphatic hydroxyl groups is 1. The molecule has 0 bridgehead atoms. The zero-order valence-electron chi connectivity index (χ0n) is 10.6. The van der Waals surface area contributed by atoms with Crippen LogP contribution in [0.3, 0.4) is 0 Å². The molecule has 0 aromatic heterocycles. The van der Waals surface area contributed by atoms with Gasteiger partial charge < -0.3 is 15.7 Å². The Bertz CT molecular complexity index is 516. The van der Waals surface area contributed by atoms with Crippen LogP contribution in [0.4, 0.5) is 10.5 Å². The van der Waals surface area contributed by atoms with Crippen molar-refractivity contribution in [3.8, 4) is 0 Å². The van der Waals surface area contributed by atoms with Crippen molar-refractivity contribution in [2.75, 3.05) is 11.9 Å². The number of benzene rings is 1. The highest BCUT2D eigenvalue weighted by atomic mass is 35.5. The van der Waals surface area contributed by atoms with E-state index in [1.165, 1.54) is 12.8 Å². The summed E-state index contributed by atoms with van der Waals surface area (Å²) in [5.41, 5.74) is 1.29. The summed E-state index contributed by atoms with van der Waals surface area (Å²) in [4.78, 5) is 11.9. The molecule has 3 N–H and O–H groups in total. The molecular weight excluding hydrogens is 264 g/mol. The van der Waals surface area contributed by atoms with Gasteiger partial charge in [-0.1, -0.05) is 24.4 Å². The maximum Gasteiger partial charge on any atom is 0.319 e. The van der Waals surface area contributed by atoms with Gasteiger partial charge in [0.2, 0.25) is 0 Å². The Balaban J connectivity index is 2.06. The van der Waals surface area contributed by atoms with Crippen molar-refractivity contribution in [3.63, 3.8) is 0 Å². The van der Waals surface area contributed by atoms with Gasteiger partial charge in [-0.3, -0.25) is 0 Å². The molecule has 1 aliphatic carbocycles. The van der Waals surface area contributed by atoms with Gasteiger partial charge in [-0.15, -0.1) is 0 Å². The van der Waals surface area contributed by atoms with Crippen molar-refractivity contribution >= 4 is 23.3 Å². The number of rotatable bonds is 4. The number of aliphatic hydroxyl groups excluding tert-OH is 1. The molecule has 1 fully saturated rings. The molecule has 1 heterocycles. The Labute approximate surface area is 117 Å². The molecule has 19 heavy (non-hydrogen) atoms. The molecule has 2 amide bonds. The molecule has 1 saturated carbocycles. The summed E-state index contributed by atoms with van der Waals surface area (Å²) in [6, 6.07) is 5.28. The highest BCUT2D eigenvalue weighted by Gasteiger charge is 2.43. The number of hydrogen-bond acceptors (Lipinski definition) is 2. The predicted molar refractivity (Wildman–Crippen MR) is 74.3 cm³/mol. The lowest BCUT2D eigenvalue weighted by Gasteiger charge is -2.40. The third kappa shape index (κ3) is 2.42. The summed E-state index contributed by atoms with van der Waals surface area (Å²) < 4.78 is 0. The number of amides is 2. The molecule has 102 valence electrons. The van der Waals surface area contributed by atoms with Crippen molar-refractivity contribution in [1.82, 2.24) is 5.32 Å². The maximum atomic E-state index is 11.9. The first-order valence-corrected chi connectivity index (χ1v) is 7.01. The van der Waals surface area contributed by atoms with Gasteiger partial charge in [0.15, 0.2) is 0 Å². The summed E-state index contributed by atoms with van der Waals surface area (Å²) in [6.07, 6.45) is 3.79. The summed E-state index contributed by atoms with van der Waals surface area (Å²) in [5.74, 6) is 0.636. The van der Waals surface area contributed by atoms with Gasteiger partial charge in [0.1, 0.15) is 0 Å². The topological polar surface area (TPSA) is 61.4 Å². The molecule has 0 radical (unpaired) electrons. The van der Waals surface area contributed by atoms with Gasteiger partial charge in [0.05, 0.1) is 5.54 Å².